The van der Waals surface area contributed by atoms with Crippen LogP contribution >= 0.6 is 11.6 Å². The summed E-state index contributed by atoms with van der Waals surface area (Å²) in [4.78, 5) is 10.7. The lowest BCUT2D eigenvalue weighted by Crippen LogP contribution is -2.36. The molecule has 0 spiro atoms. The smallest absolute Gasteiger partial charge is 0.217 e. The number of carbonyl (C=O) groups excluding carboxylic acids is 1. The summed E-state index contributed by atoms with van der Waals surface area (Å²) >= 11 is 5.81. The molecule has 70 valence electrons. The molecule has 0 saturated heterocycles. The molecule has 0 aliphatic rings. The number of nitrogens with zero attached hydrogens (tertiary/aromatic N) is 1. The number of aromatic nitrogens is 1. The van der Waals surface area contributed by atoms with E-state index < -0.39 is 0 Å². The number of hydrogen-bond acceptors (Lipinski definition) is 1. The number of aryl methyl sites for hydroxylation is 1. The maximum absolute atomic E-state index is 10.7. The number of rotatable bonds is 2. The lowest BCUT2D eigenvalue weighted by Gasteiger charge is -2.00. The Bertz CT molecular complexity index is 325. The number of hydrogen-bond donors (Lipinski definition) is 1. The van der Waals surface area contributed by atoms with Crippen LogP contribution < -0.4 is 9.88 Å². The van der Waals surface area contributed by atoms with Gasteiger partial charge in [-0.05, 0) is 0 Å². The van der Waals surface area contributed by atoms with E-state index in [0.29, 0.717) is 11.6 Å². The third kappa shape index (κ3) is 3.03. The highest BCUT2D eigenvalue weighted by molar-refractivity contribution is 6.30. The second kappa shape index (κ2) is 4.23. The third-order valence-corrected chi connectivity index (χ3v) is 1.97. The van der Waals surface area contributed by atoms with Gasteiger partial charge in [-0.15, -0.1) is 0 Å². The molecule has 3 nitrogen and oxygen atoms in total. The number of carbonyl (C=O) groups is 1. The maximum atomic E-state index is 10.7. The van der Waals surface area contributed by atoms with E-state index in [0.717, 1.165) is 5.69 Å². The van der Waals surface area contributed by atoms with Crippen molar-refractivity contribution >= 4 is 17.5 Å². The maximum Gasteiger partial charge on any atom is 0.217 e. The van der Waals surface area contributed by atoms with Crippen LogP contribution in [0.5, 0.6) is 0 Å². The van der Waals surface area contributed by atoms with Gasteiger partial charge in [0, 0.05) is 19.1 Å². The predicted octanol–water partition coefficient (Wildman–Crippen LogP) is 0.801. The van der Waals surface area contributed by atoms with E-state index in [1.54, 1.807) is 6.07 Å². The largest absolute Gasteiger partial charge is 0.346 e. The summed E-state index contributed by atoms with van der Waals surface area (Å²) in [6, 6.07) is 3.64. The van der Waals surface area contributed by atoms with Gasteiger partial charge in [-0.1, -0.05) is 11.6 Å². The number of nitrogens with one attached hydrogen (secondary N) is 1. The molecule has 1 heterocycles. The molecule has 1 N–H and O–H groups in total. The minimum absolute atomic E-state index is 0.0417. The van der Waals surface area contributed by atoms with Crippen molar-refractivity contribution in [1.82, 2.24) is 5.32 Å². The fraction of sp³-hybridized carbons (Fsp3) is 0.333. The average molecular weight is 200 g/mol. The Kier molecular flexibility index (Phi) is 3.25. The Balaban J connectivity index is 2.75. The molecule has 1 aromatic rings. The Labute approximate surface area is 82.3 Å². The zero-order valence-electron chi connectivity index (χ0n) is 7.67. The summed E-state index contributed by atoms with van der Waals surface area (Å²) < 4.78 is 1.92. The molecular weight excluding hydrogens is 188 g/mol. The van der Waals surface area contributed by atoms with Crippen LogP contribution in [0.3, 0.4) is 0 Å². The Morgan fingerprint density at radius 2 is 2.38 bits per heavy atom. The van der Waals surface area contributed by atoms with Crippen molar-refractivity contribution < 1.29 is 9.36 Å². The molecule has 1 rings (SSSR count). The molecule has 4 heteroatoms. The fourth-order valence-electron chi connectivity index (χ4n) is 0.979. The Morgan fingerprint density at radius 1 is 1.69 bits per heavy atom. The first-order valence-corrected chi connectivity index (χ1v) is 4.36. The molecule has 0 saturated carbocycles. The molecule has 1 amide bonds. The monoisotopic (exact) mass is 199 g/mol. The van der Waals surface area contributed by atoms with E-state index in [1.165, 1.54) is 6.92 Å². The topological polar surface area (TPSA) is 33.0 Å². The van der Waals surface area contributed by atoms with Crippen molar-refractivity contribution in [2.45, 2.75) is 13.5 Å². The molecule has 0 aliphatic carbocycles. The van der Waals surface area contributed by atoms with Crippen LogP contribution in [0.4, 0.5) is 0 Å². The molecule has 13 heavy (non-hydrogen) atoms. The standard InChI is InChI=1S/C9H11ClN2O/c1-7(13)11-6-9-5-8(10)3-4-12(9)2/h3-5H,6H2,1-2H3/p+1. The molecule has 0 aliphatic heterocycles. The number of amides is 1. The van der Waals surface area contributed by atoms with Crippen LogP contribution in [-0.2, 0) is 18.4 Å². The molecule has 0 atom stereocenters. The minimum Gasteiger partial charge on any atom is -0.346 e. The predicted molar refractivity (Wildman–Crippen MR) is 50.1 cm³/mol. The Hall–Kier alpha value is -1.09. The second-order valence-corrected chi connectivity index (χ2v) is 3.29. The molecule has 0 radical (unpaired) electrons. The molecule has 0 unspecified atom stereocenters. The van der Waals surface area contributed by atoms with Gasteiger partial charge in [-0.25, -0.2) is 4.57 Å². The van der Waals surface area contributed by atoms with E-state index in [9.17, 15) is 4.79 Å². The SMILES string of the molecule is CC(=O)NCc1cc(Cl)cc[n+]1C. The first-order chi connectivity index (χ1) is 6.09. The first kappa shape index (κ1) is 9.99. The van der Waals surface area contributed by atoms with Gasteiger partial charge < -0.3 is 5.32 Å². The molecule has 0 aromatic carbocycles. The van der Waals surface area contributed by atoms with Crippen LogP contribution in [0.15, 0.2) is 18.3 Å². The lowest BCUT2D eigenvalue weighted by atomic mass is 10.3. The van der Waals surface area contributed by atoms with Crippen molar-refractivity contribution in [3.05, 3.63) is 29.0 Å². The molecule has 0 bridgehead atoms. The van der Waals surface area contributed by atoms with Gasteiger partial charge in [0.15, 0.2) is 6.20 Å². The van der Waals surface area contributed by atoms with Crippen molar-refractivity contribution in [2.24, 2.45) is 7.05 Å². The highest BCUT2D eigenvalue weighted by Crippen LogP contribution is 2.06. The first-order valence-electron chi connectivity index (χ1n) is 3.98. The summed E-state index contributed by atoms with van der Waals surface area (Å²) in [5, 5.41) is 3.39. The van der Waals surface area contributed by atoms with Crippen LogP contribution in [0.1, 0.15) is 12.6 Å². The summed E-state index contributed by atoms with van der Waals surface area (Å²) in [5.74, 6) is -0.0417. The highest BCUT2D eigenvalue weighted by Gasteiger charge is 2.06. The quantitative estimate of drug-likeness (QED) is 0.703. The summed E-state index contributed by atoms with van der Waals surface area (Å²) in [6.45, 7) is 2.00. The van der Waals surface area contributed by atoms with Crippen molar-refractivity contribution in [3.63, 3.8) is 0 Å². The van der Waals surface area contributed by atoms with Crippen LogP contribution in [0.25, 0.3) is 0 Å². The van der Waals surface area contributed by atoms with Gasteiger partial charge in [0.2, 0.25) is 11.6 Å². The minimum atomic E-state index is -0.0417. The van der Waals surface area contributed by atoms with Crippen molar-refractivity contribution in [3.8, 4) is 0 Å². The lowest BCUT2D eigenvalue weighted by molar-refractivity contribution is -0.679. The van der Waals surface area contributed by atoms with E-state index in [-0.39, 0.29) is 5.91 Å². The highest BCUT2D eigenvalue weighted by atomic mass is 35.5. The van der Waals surface area contributed by atoms with Crippen LogP contribution in [0, 0.1) is 0 Å². The number of halogens is 1. The summed E-state index contributed by atoms with van der Waals surface area (Å²) in [5.41, 5.74) is 0.975. The van der Waals surface area contributed by atoms with Gasteiger partial charge in [-0.3, -0.25) is 4.79 Å². The van der Waals surface area contributed by atoms with Crippen LogP contribution in [-0.4, -0.2) is 5.91 Å². The van der Waals surface area contributed by atoms with Crippen molar-refractivity contribution in [2.75, 3.05) is 0 Å². The fourth-order valence-corrected chi connectivity index (χ4v) is 1.16. The molecule has 0 fully saturated rings. The Morgan fingerprint density at radius 3 is 3.00 bits per heavy atom. The normalized spacial score (nSPS) is 9.77. The third-order valence-electron chi connectivity index (χ3n) is 1.73. The van der Waals surface area contributed by atoms with E-state index in [1.807, 2.05) is 23.9 Å². The zero-order valence-corrected chi connectivity index (χ0v) is 8.43. The molecular formula is C9H12ClN2O+. The van der Waals surface area contributed by atoms with Crippen molar-refractivity contribution in [1.29, 1.82) is 0 Å². The van der Waals surface area contributed by atoms with Crippen LogP contribution in [0.2, 0.25) is 5.02 Å². The van der Waals surface area contributed by atoms with Gasteiger partial charge in [0.25, 0.3) is 0 Å². The van der Waals surface area contributed by atoms with Gasteiger partial charge in [-0.2, -0.15) is 0 Å². The van der Waals surface area contributed by atoms with Gasteiger partial charge in [0.05, 0.1) is 5.02 Å². The average Bonchev–Trinajstić information content (AvgIpc) is 2.06. The van der Waals surface area contributed by atoms with Gasteiger partial charge >= 0.3 is 0 Å². The zero-order chi connectivity index (χ0) is 9.84. The van der Waals surface area contributed by atoms with E-state index in [4.69, 9.17) is 11.6 Å². The summed E-state index contributed by atoms with van der Waals surface area (Å²) in [7, 11) is 1.91. The van der Waals surface area contributed by atoms with Gasteiger partial charge in [0.1, 0.15) is 13.6 Å². The molecule has 1 aromatic heterocycles. The second-order valence-electron chi connectivity index (χ2n) is 2.86. The summed E-state index contributed by atoms with van der Waals surface area (Å²) in [6.07, 6.45) is 1.86. The van der Waals surface area contributed by atoms with E-state index >= 15 is 0 Å². The number of pyridine rings is 1. The van der Waals surface area contributed by atoms with E-state index in [2.05, 4.69) is 5.32 Å².